The highest BCUT2D eigenvalue weighted by Gasteiger charge is 2.19. The number of nitrogens with two attached hydrogens (primary N) is 1. The van der Waals surface area contributed by atoms with Gasteiger partial charge >= 0.3 is 0 Å². The number of amides is 1. The summed E-state index contributed by atoms with van der Waals surface area (Å²) >= 11 is 1.50. The fourth-order valence-corrected chi connectivity index (χ4v) is 2.55. The molecule has 1 saturated heterocycles. The van der Waals surface area contributed by atoms with Gasteiger partial charge in [0.2, 0.25) is 0 Å². The zero-order chi connectivity index (χ0) is 12.1. The second kappa shape index (κ2) is 6.09. The first-order chi connectivity index (χ1) is 8.31. The van der Waals surface area contributed by atoms with E-state index >= 15 is 0 Å². The van der Waals surface area contributed by atoms with Crippen molar-refractivity contribution in [3.05, 3.63) is 16.1 Å². The molecular formula is C11H17N3O2S. The Morgan fingerprint density at radius 2 is 2.41 bits per heavy atom. The van der Waals surface area contributed by atoms with E-state index in [1.165, 1.54) is 11.3 Å². The van der Waals surface area contributed by atoms with Crippen molar-refractivity contribution >= 4 is 17.2 Å². The van der Waals surface area contributed by atoms with E-state index in [9.17, 15) is 4.79 Å². The number of carbonyl (C=O) groups is 1. The summed E-state index contributed by atoms with van der Waals surface area (Å²) in [4.78, 5) is 18.3. The molecular weight excluding hydrogens is 238 g/mol. The van der Waals surface area contributed by atoms with Crippen molar-refractivity contribution in [2.45, 2.75) is 12.8 Å². The molecule has 2 rings (SSSR count). The van der Waals surface area contributed by atoms with Gasteiger partial charge in [0.1, 0.15) is 5.69 Å². The van der Waals surface area contributed by atoms with Gasteiger partial charge in [-0.3, -0.25) is 4.79 Å². The lowest BCUT2D eigenvalue weighted by Crippen LogP contribution is -2.33. The van der Waals surface area contributed by atoms with E-state index < -0.39 is 0 Å². The highest BCUT2D eigenvalue weighted by Crippen LogP contribution is 2.13. The normalized spacial score (nSPS) is 16.9. The quantitative estimate of drug-likeness (QED) is 0.854. The summed E-state index contributed by atoms with van der Waals surface area (Å²) < 4.78 is 5.33. The molecule has 1 amide bonds. The van der Waals surface area contributed by atoms with Crippen LogP contribution >= 0.6 is 11.3 Å². The van der Waals surface area contributed by atoms with Gasteiger partial charge in [-0.25, -0.2) is 4.98 Å². The first kappa shape index (κ1) is 12.5. The second-order valence-electron chi connectivity index (χ2n) is 3.92. The Kier molecular flexibility index (Phi) is 4.47. The van der Waals surface area contributed by atoms with Gasteiger partial charge in [-0.15, -0.1) is 11.3 Å². The van der Waals surface area contributed by atoms with Crippen LogP contribution in [0.2, 0.25) is 0 Å². The number of hydrogen-bond acceptors (Lipinski definition) is 5. The van der Waals surface area contributed by atoms with Crippen LogP contribution in [0.15, 0.2) is 5.38 Å². The van der Waals surface area contributed by atoms with Crippen molar-refractivity contribution in [1.29, 1.82) is 0 Å². The van der Waals surface area contributed by atoms with E-state index in [1.54, 1.807) is 0 Å². The maximum absolute atomic E-state index is 12.2. The Balaban J connectivity index is 2.01. The lowest BCUT2D eigenvalue weighted by molar-refractivity contribution is 0.0736. The van der Waals surface area contributed by atoms with Gasteiger partial charge in [0, 0.05) is 31.5 Å². The van der Waals surface area contributed by atoms with Crippen LogP contribution in [-0.4, -0.2) is 48.6 Å². The van der Waals surface area contributed by atoms with Crippen LogP contribution in [0, 0.1) is 0 Å². The Labute approximate surface area is 105 Å². The highest BCUT2D eigenvalue weighted by atomic mass is 32.1. The van der Waals surface area contributed by atoms with Gasteiger partial charge in [0.05, 0.1) is 11.6 Å². The molecule has 1 aromatic heterocycles. The predicted octanol–water partition coefficient (Wildman–Crippen LogP) is 0.507. The van der Waals surface area contributed by atoms with Crippen LogP contribution < -0.4 is 5.73 Å². The van der Waals surface area contributed by atoms with E-state index in [0.29, 0.717) is 25.4 Å². The monoisotopic (exact) mass is 255 g/mol. The van der Waals surface area contributed by atoms with E-state index in [-0.39, 0.29) is 5.91 Å². The van der Waals surface area contributed by atoms with Crippen LogP contribution in [0.1, 0.15) is 21.9 Å². The third kappa shape index (κ3) is 3.24. The van der Waals surface area contributed by atoms with Crippen LogP contribution in [0.25, 0.3) is 0 Å². The van der Waals surface area contributed by atoms with Crippen molar-refractivity contribution in [3.63, 3.8) is 0 Å². The molecule has 0 aliphatic carbocycles. The molecule has 6 heteroatoms. The highest BCUT2D eigenvalue weighted by molar-refractivity contribution is 7.09. The number of rotatable bonds is 3. The number of thiazole rings is 1. The smallest absolute Gasteiger partial charge is 0.273 e. The molecule has 0 radical (unpaired) electrons. The number of ether oxygens (including phenoxy) is 1. The molecule has 1 fully saturated rings. The fourth-order valence-electron chi connectivity index (χ4n) is 1.76. The number of hydrogen-bond donors (Lipinski definition) is 1. The minimum absolute atomic E-state index is 0.00928. The summed E-state index contributed by atoms with van der Waals surface area (Å²) in [7, 11) is 0. The zero-order valence-electron chi connectivity index (χ0n) is 9.72. The molecule has 2 N–H and O–H groups in total. The van der Waals surface area contributed by atoms with Crippen molar-refractivity contribution < 1.29 is 9.53 Å². The minimum Gasteiger partial charge on any atom is -0.380 e. The summed E-state index contributed by atoms with van der Waals surface area (Å²) in [6.07, 6.45) is 1.63. The minimum atomic E-state index is 0.00928. The van der Waals surface area contributed by atoms with E-state index in [4.69, 9.17) is 10.5 Å². The molecule has 1 aliphatic heterocycles. The van der Waals surface area contributed by atoms with Crippen LogP contribution in [-0.2, 0) is 11.2 Å². The van der Waals surface area contributed by atoms with E-state index in [2.05, 4.69) is 4.98 Å². The summed E-state index contributed by atoms with van der Waals surface area (Å²) in [6, 6.07) is 0. The largest absolute Gasteiger partial charge is 0.380 e. The van der Waals surface area contributed by atoms with E-state index in [0.717, 1.165) is 31.0 Å². The third-order valence-electron chi connectivity index (χ3n) is 2.64. The van der Waals surface area contributed by atoms with Crippen LogP contribution in [0.4, 0.5) is 0 Å². The van der Waals surface area contributed by atoms with Gasteiger partial charge in [-0.1, -0.05) is 0 Å². The average Bonchev–Trinajstić information content (AvgIpc) is 2.64. The molecule has 2 heterocycles. The fraction of sp³-hybridized carbons (Fsp3) is 0.636. The van der Waals surface area contributed by atoms with E-state index in [1.807, 2.05) is 10.3 Å². The topological polar surface area (TPSA) is 68.5 Å². The molecule has 0 saturated carbocycles. The molecule has 17 heavy (non-hydrogen) atoms. The van der Waals surface area contributed by atoms with Crippen molar-refractivity contribution in [3.8, 4) is 0 Å². The zero-order valence-corrected chi connectivity index (χ0v) is 10.5. The SMILES string of the molecule is NCCc1nc(C(=O)N2CCCOCC2)cs1. The predicted molar refractivity (Wildman–Crippen MR) is 66.2 cm³/mol. The molecule has 0 aromatic carbocycles. The molecule has 0 bridgehead atoms. The standard InChI is InChI=1S/C11H17N3O2S/c12-3-2-10-13-9(8-17-10)11(15)14-4-1-6-16-7-5-14/h8H,1-7,12H2. The van der Waals surface area contributed by atoms with Gasteiger partial charge in [-0.05, 0) is 13.0 Å². The van der Waals surface area contributed by atoms with Crippen LogP contribution in [0.3, 0.4) is 0 Å². The van der Waals surface area contributed by atoms with Gasteiger partial charge < -0.3 is 15.4 Å². The molecule has 0 unspecified atom stereocenters. The first-order valence-electron chi connectivity index (χ1n) is 5.83. The number of carbonyl (C=O) groups excluding carboxylic acids is 1. The maximum Gasteiger partial charge on any atom is 0.273 e. The van der Waals surface area contributed by atoms with Gasteiger partial charge in [-0.2, -0.15) is 0 Å². The molecule has 0 atom stereocenters. The lowest BCUT2D eigenvalue weighted by Gasteiger charge is -2.17. The Morgan fingerprint density at radius 3 is 3.24 bits per heavy atom. The average molecular weight is 255 g/mol. The summed E-state index contributed by atoms with van der Waals surface area (Å²) in [5, 5.41) is 2.75. The molecule has 0 spiro atoms. The maximum atomic E-state index is 12.2. The molecule has 1 aliphatic rings. The third-order valence-corrected chi connectivity index (χ3v) is 3.55. The number of nitrogens with zero attached hydrogens (tertiary/aromatic N) is 2. The Bertz CT molecular complexity index is 373. The summed E-state index contributed by atoms with van der Waals surface area (Å²) in [5.74, 6) is 0.00928. The van der Waals surface area contributed by atoms with Crippen molar-refractivity contribution in [1.82, 2.24) is 9.88 Å². The van der Waals surface area contributed by atoms with Crippen molar-refractivity contribution in [2.75, 3.05) is 32.8 Å². The van der Waals surface area contributed by atoms with Crippen LogP contribution in [0.5, 0.6) is 0 Å². The second-order valence-corrected chi connectivity index (χ2v) is 4.87. The van der Waals surface area contributed by atoms with Crippen molar-refractivity contribution in [2.24, 2.45) is 5.73 Å². The lowest BCUT2D eigenvalue weighted by atomic mass is 10.3. The molecule has 1 aromatic rings. The number of aromatic nitrogens is 1. The molecule has 5 nitrogen and oxygen atoms in total. The molecule has 94 valence electrons. The Morgan fingerprint density at radius 1 is 1.53 bits per heavy atom. The van der Waals surface area contributed by atoms with Gasteiger partial charge in [0.25, 0.3) is 5.91 Å². The first-order valence-corrected chi connectivity index (χ1v) is 6.70. The summed E-state index contributed by atoms with van der Waals surface area (Å²) in [5.41, 5.74) is 6.01. The summed E-state index contributed by atoms with van der Waals surface area (Å²) in [6.45, 7) is 3.33. The van der Waals surface area contributed by atoms with Gasteiger partial charge in [0.15, 0.2) is 0 Å². The Hall–Kier alpha value is -0.980.